The molecule has 0 aliphatic heterocycles. The van der Waals surface area contributed by atoms with Crippen LogP contribution in [0.5, 0.6) is 0 Å². The minimum absolute atomic E-state index is 1.27. The number of hydrogen-bond acceptors (Lipinski definition) is 0. The fourth-order valence-electron chi connectivity index (χ4n) is 3.65. The molecular weight excluding hydrogens is 288 g/mol. The molecule has 5 rings (SSSR count). The van der Waals surface area contributed by atoms with Crippen LogP contribution in [0.4, 0.5) is 0 Å². The maximum absolute atomic E-state index is 2.32. The van der Waals surface area contributed by atoms with Crippen LogP contribution in [0, 0.1) is 0 Å². The molecular formula is C24H16. The second-order valence-corrected chi connectivity index (χ2v) is 6.25. The van der Waals surface area contributed by atoms with E-state index in [0.29, 0.717) is 0 Å². The van der Waals surface area contributed by atoms with Crippen molar-refractivity contribution in [1.82, 2.24) is 0 Å². The van der Waals surface area contributed by atoms with Crippen molar-refractivity contribution in [3.63, 3.8) is 0 Å². The molecule has 112 valence electrons. The molecule has 0 fully saturated rings. The van der Waals surface area contributed by atoms with Crippen molar-refractivity contribution in [3.8, 4) is 11.1 Å². The van der Waals surface area contributed by atoms with Gasteiger partial charge in [0.2, 0.25) is 0 Å². The van der Waals surface area contributed by atoms with Gasteiger partial charge in [0.25, 0.3) is 0 Å². The van der Waals surface area contributed by atoms with E-state index in [0.717, 1.165) is 0 Å². The summed E-state index contributed by atoms with van der Waals surface area (Å²) >= 11 is 0. The smallest absolute Gasteiger partial charge is 0.00988 e. The van der Waals surface area contributed by atoms with Crippen LogP contribution >= 0.6 is 0 Å². The average molecular weight is 304 g/mol. The van der Waals surface area contributed by atoms with E-state index in [1.165, 1.54) is 43.4 Å². The molecule has 5 aromatic carbocycles. The van der Waals surface area contributed by atoms with Crippen molar-refractivity contribution in [1.29, 1.82) is 0 Å². The predicted molar refractivity (Wildman–Crippen MR) is 104 cm³/mol. The van der Waals surface area contributed by atoms with Gasteiger partial charge in [0, 0.05) is 0 Å². The average Bonchev–Trinajstić information content (AvgIpc) is 2.67. The Bertz CT molecular complexity index is 1200. The van der Waals surface area contributed by atoms with Crippen LogP contribution in [-0.2, 0) is 0 Å². The summed E-state index contributed by atoms with van der Waals surface area (Å²) in [5.41, 5.74) is 2.57. The highest BCUT2D eigenvalue weighted by Crippen LogP contribution is 2.35. The molecule has 0 saturated carbocycles. The van der Waals surface area contributed by atoms with E-state index in [-0.39, 0.29) is 0 Å². The van der Waals surface area contributed by atoms with Crippen LogP contribution < -0.4 is 0 Å². The third-order valence-corrected chi connectivity index (χ3v) is 4.83. The Balaban J connectivity index is 1.89. The lowest BCUT2D eigenvalue weighted by Gasteiger charge is -2.11. The van der Waals surface area contributed by atoms with Crippen molar-refractivity contribution in [3.05, 3.63) is 97.1 Å². The largest absolute Gasteiger partial charge is 0.0616 e. The summed E-state index contributed by atoms with van der Waals surface area (Å²) in [7, 11) is 0. The lowest BCUT2D eigenvalue weighted by molar-refractivity contribution is 1.69. The van der Waals surface area contributed by atoms with Gasteiger partial charge in [0.05, 0.1) is 0 Å². The van der Waals surface area contributed by atoms with Gasteiger partial charge in [-0.15, -0.1) is 0 Å². The molecule has 0 amide bonds. The topological polar surface area (TPSA) is 0 Å². The zero-order valence-electron chi connectivity index (χ0n) is 13.2. The normalized spacial score (nSPS) is 11.3. The SMILES string of the molecule is c1ccc2cc(-c3cc4ccccc4c4ccccc34)ccc2c1. The van der Waals surface area contributed by atoms with Gasteiger partial charge in [-0.05, 0) is 55.6 Å². The molecule has 0 spiro atoms. The summed E-state index contributed by atoms with van der Waals surface area (Å²) in [4.78, 5) is 0. The Morgan fingerprint density at radius 2 is 1.00 bits per heavy atom. The molecule has 0 saturated heterocycles. The molecule has 0 atom stereocenters. The van der Waals surface area contributed by atoms with E-state index in [2.05, 4.69) is 97.1 Å². The summed E-state index contributed by atoms with van der Waals surface area (Å²) in [6, 6.07) is 35.0. The van der Waals surface area contributed by atoms with Crippen molar-refractivity contribution in [2.24, 2.45) is 0 Å². The van der Waals surface area contributed by atoms with Gasteiger partial charge in [0.15, 0.2) is 0 Å². The second-order valence-electron chi connectivity index (χ2n) is 6.25. The minimum atomic E-state index is 1.27. The molecule has 0 aliphatic rings. The van der Waals surface area contributed by atoms with Crippen LogP contribution in [0.3, 0.4) is 0 Å². The summed E-state index contributed by atoms with van der Waals surface area (Å²) in [6.07, 6.45) is 0. The van der Waals surface area contributed by atoms with Crippen molar-refractivity contribution >= 4 is 32.3 Å². The van der Waals surface area contributed by atoms with Crippen LogP contribution in [0.25, 0.3) is 43.4 Å². The van der Waals surface area contributed by atoms with Gasteiger partial charge < -0.3 is 0 Å². The highest BCUT2D eigenvalue weighted by Gasteiger charge is 2.08. The summed E-state index contributed by atoms with van der Waals surface area (Å²) in [6.45, 7) is 0. The van der Waals surface area contributed by atoms with Crippen molar-refractivity contribution in [2.45, 2.75) is 0 Å². The van der Waals surface area contributed by atoms with Gasteiger partial charge in [0.1, 0.15) is 0 Å². The van der Waals surface area contributed by atoms with Crippen molar-refractivity contribution in [2.75, 3.05) is 0 Å². The third kappa shape index (κ3) is 2.00. The molecule has 0 heteroatoms. The summed E-state index contributed by atoms with van der Waals surface area (Å²) in [5, 5.41) is 7.81. The van der Waals surface area contributed by atoms with E-state index in [4.69, 9.17) is 0 Å². The summed E-state index contributed by atoms with van der Waals surface area (Å²) in [5.74, 6) is 0. The Labute approximate surface area is 141 Å². The standard InChI is InChI=1S/C24H16/c1-2-8-18-15-20(14-13-17(18)7-1)24-16-19-9-3-4-10-21(19)22-11-5-6-12-23(22)24/h1-16H. The van der Waals surface area contributed by atoms with Crippen LogP contribution in [0.15, 0.2) is 97.1 Å². The molecule has 0 aliphatic carbocycles. The van der Waals surface area contributed by atoms with Crippen LogP contribution in [0.2, 0.25) is 0 Å². The van der Waals surface area contributed by atoms with Crippen molar-refractivity contribution < 1.29 is 0 Å². The predicted octanol–water partition coefficient (Wildman–Crippen LogP) is 6.81. The highest BCUT2D eigenvalue weighted by molar-refractivity contribution is 6.14. The lowest BCUT2D eigenvalue weighted by Crippen LogP contribution is -1.85. The first-order chi connectivity index (χ1) is 11.9. The van der Waals surface area contributed by atoms with E-state index in [1.807, 2.05) is 0 Å². The monoisotopic (exact) mass is 304 g/mol. The molecule has 0 unspecified atom stereocenters. The molecule has 0 radical (unpaired) electrons. The van der Waals surface area contributed by atoms with E-state index in [9.17, 15) is 0 Å². The maximum atomic E-state index is 2.32. The van der Waals surface area contributed by atoms with Gasteiger partial charge in [-0.25, -0.2) is 0 Å². The number of benzene rings is 5. The zero-order chi connectivity index (χ0) is 15.9. The molecule has 0 heterocycles. The van der Waals surface area contributed by atoms with Gasteiger partial charge >= 0.3 is 0 Å². The maximum Gasteiger partial charge on any atom is -0.00988 e. The van der Waals surface area contributed by atoms with E-state index < -0.39 is 0 Å². The fraction of sp³-hybridized carbons (Fsp3) is 0. The Morgan fingerprint density at radius 1 is 0.375 bits per heavy atom. The number of fused-ring (bicyclic) bond motifs is 4. The first-order valence-corrected chi connectivity index (χ1v) is 8.30. The summed E-state index contributed by atoms with van der Waals surface area (Å²) < 4.78 is 0. The molecule has 24 heavy (non-hydrogen) atoms. The zero-order valence-corrected chi connectivity index (χ0v) is 13.2. The minimum Gasteiger partial charge on any atom is -0.0616 e. The first-order valence-electron chi connectivity index (χ1n) is 8.30. The second kappa shape index (κ2) is 5.21. The third-order valence-electron chi connectivity index (χ3n) is 4.83. The van der Waals surface area contributed by atoms with E-state index >= 15 is 0 Å². The Morgan fingerprint density at radius 3 is 1.83 bits per heavy atom. The lowest BCUT2D eigenvalue weighted by atomic mass is 9.92. The van der Waals surface area contributed by atoms with Gasteiger partial charge in [-0.3, -0.25) is 0 Å². The Kier molecular flexibility index (Phi) is 2.89. The van der Waals surface area contributed by atoms with Gasteiger partial charge in [-0.1, -0.05) is 84.9 Å². The first kappa shape index (κ1) is 13.3. The number of hydrogen-bond donors (Lipinski definition) is 0. The number of rotatable bonds is 1. The molecule has 5 aromatic rings. The molecule has 0 nitrogen and oxygen atoms in total. The molecule has 0 aromatic heterocycles. The highest BCUT2D eigenvalue weighted by atomic mass is 14.1. The van der Waals surface area contributed by atoms with Crippen LogP contribution in [-0.4, -0.2) is 0 Å². The van der Waals surface area contributed by atoms with E-state index in [1.54, 1.807) is 0 Å². The Hall–Kier alpha value is -3.12. The van der Waals surface area contributed by atoms with Crippen LogP contribution in [0.1, 0.15) is 0 Å². The quantitative estimate of drug-likeness (QED) is 0.298. The molecule has 0 bridgehead atoms. The fourth-order valence-corrected chi connectivity index (χ4v) is 3.65. The molecule has 0 N–H and O–H groups in total. The van der Waals surface area contributed by atoms with Gasteiger partial charge in [-0.2, -0.15) is 0 Å².